The Balaban J connectivity index is 1.44. The lowest BCUT2D eigenvalue weighted by molar-refractivity contribution is 0.122. The lowest BCUT2D eigenvalue weighted by Crippen LogP contribution is -2.39. The van der Waals surface area contributed by atoms with Crippen molar-refractivity contribution in [3.05, 3.63) is 60.2 Å². The van der Waals surface area contributed by atoms with E-state index in [1.54, 1.807) is 18.5 Å². The van der Waals surface area contributed by atoms with Gasteiger partial charge in [0.1, 0.15) is 23.1 Å². The first kappa shape index (κ1) is 24.9. The molecule has 1 unspecified atom stereocenters. The van der Waals surface area contributed by atoms with Crippen LogP contribution in [0, 0.1) is 17.6 Å². The molecule has 1 atom stereocenters. The van der Waals surface area contributed by atoms with E-state index in [2.05, 4.69) is 10.1 Å². The van der Waals surface area contributed by atoms with Crippen LogP contribution < -0.4 is 9.64 Å². The maximum Gasteiger partial charge on any atom is 0.181 e. The van der Waals surface area contributed by atoms with Crippen molar-refractivity contribution < 1.29 is 23.0 Å². The Labute approximate surface area is 211 Å². The average Bonchev–Trinajstić information content (AvgIpc) is 3.38. The van der Waals surface area contributed by atoms with Crippen molar-refractivity contribution in [3.8, 4) is 17.0 Å². The molecule has 1 saturated heterocycles. The number of aliphatic hydroxyl groups excluding tert-OH is 1. The van der Waals surface area contributed by atoms with Crippen molar-refractivity contribution >= 4 is 16.9 Å². The zero-order chi connectivity index (χ0) is 26.1. The van der Waals surface area contributed by atoms with Gasteiger partial charge in [-0.2, -0.15) is 5.10 Å². The Bertz CT molecular complexity index is 1400. The number of nitrogens with zero attached hydrogens (tertiary/aromatic N) is 6. The standard InChI is InChI=1S/C26H27F3N6O2/c1-15(2)25(36)21-10-20-22(12-30-21)33-26(24(32-20)16-11-31-35(13-16)14-27)34-7-5-18(6-8-34)37-23-4-3-17(28)9-19(23)29/h3-4,9-13,15,18,25,36H,5-8,14H2,1-2H3. The molecule has 37 heavy (non-hydrogen) atoms. The predicted molar refractivity (Wildman–Crippen MR) is 132 cm³/mol. The number of pyridine rings is 1. The van der Waals surface area contributed by atoms with E-state index >= 15 is 0 Å². The molecule has 0 amide bonds. The van der Waals surface area contributed by atoms with Gasteiger partial charge in [0.25, 0.3) is 0 Å². The number of hydrogen-bond donors (Lipinski definition) is 1. The van der Waals surface area contributed by atoms with E-state index in [0.29, 0.717) is 59.7 Å². The third-order valence-corrected chi connectivity index (χ3v) is 6.45. The number of halogens is 3. The molecular formula is C26H27F3N6O2. The summed E-state index contributed by atoms with van der Waals surface area (Å²) >= 11 is 0. The number of hydrogen-bond acceptors (Lipinski definition) is 7. The van der Waals surface area contributed by atoms with Crippen LogP contribution in [0.25, 0.3) is 22.3 Å². The number of aliphatic hydroxyl groups is 1. The molecular weight excluding hydrogens is 485 g/mol. The Morgan fingerprint density at radius 3 is 2.54 bits per heavy atom. The molecule has 194 valence electrons. The normalized spacial score (nSPS) is 15.5. The van der Waals surface area contributed by atoms with Crippen molar-refractivity contribution in [2.24, 2.45) is 5.92 Å². The molecule has 5 rings (SSSR count). The van der Waals surface area contributed by atoms with Crippen molar-refractivity contribution in [1.82, 2.24) is 24.7 Å². The Kier molecular flexibility index (Phi) is 6.96. The van der Waals surface area contributed by atoms with Gasteiger partial charge in [0.2, 0.25) is 0 Å². The van der Waals surface area contributed by atoms with Crippen LogP contribution >= 0.6 is 0 Å². The summed E-state index contributed by atoms with van der Waals surface area (Å²) in [4.78, 5) is 16.1. The Morgan fingerprint density at radius 1 is 1.08 bits per heavy atom. The smallest absolute Gasteiger partial charge is 0.181 e. The van der Waals surface area contributed by atoms with E-state index in [4.69, 9.17) is 14.7 Å². The number of ether oxygens (including phenoxy) is 1. The molecule has 0 saturated carbocycles. The van der Waals surface area contributed by atoms with Gasteiger partial charge in [-0.3, -0.25) is 4.98 Å². The van der Waals surface area contributed by atoms with Crippen LogP contribution in [0.15, 0.2) is 42.9 Å². The fraction of sp³-hybridized carbons (Fsp3) is 0.385. The molecule has 4 heterocycles. The zero-order valence-corrected chi connectivity index (χ0v) is 20.5. The molecule has 1 aliphatic heterocycles. The number of fused-ring (bicyclic) bond motifs is 1. The van der Waals surface area contributed by atoms with Gasteiger partial charge in [-0.15, -0.1) is 0 Å². The third-order valence-electron chi connectivity index (χ3n) is 6.45. The molecule has 0 radical (unpaired) electrons. The van der Waals surface area contributed by atoms with E-state index in [9.17, 15) is 18.3 Å². The largest absolute Gasteiger partial charge is 0.487 e. The van der Waals surface area contributed by atoms with E-state index in [0.717, 1.165) is 6.07 Å². The fourth-order valence-electron chi connectivity index (χ4n) is 4.37. The van der Waals surface area contributed by atoms with Gasteiger partial charge < -0.3 is 14.7 Å². The monoisotopic (exact) mass is 512 g/mol. The zero-order valence-electron chi connectivity index (χ0n) is 20.5. The van der Waals surface area contributed by atoms with E-state index < -0.39 is 24.5 Å². The molecule has 3 aromatic heterocycles. The van der Waals surface area contributed by atoms with Gasteiger partial charge in [0, 0.05) is 43.8 Å². The van der Waals surface area contributed by atoms with Crippen LogP contribution in [0.3, 0.4) is 0 Å². The molecule has 8 nitrogen and oxygen atoms in total. The molecule has 0 aliphatic carbocycles. The van der Waals surface area contributed by atoms with Crippen LogP contribution in [0.4, 0.5) is 19.0 Å². The first-order valence-corrected chi connectivity index (χ1v) is 12.1. The molecule has 1 N–H and O–H groups in total. The lowest BCUT2D eigenvalue weighted by Gasteiger charge is -2.33. The number of aromatic nitrogens is 5. The summed E-state index contributed by atoms with van der Waals surface area (Å²) < 4.78 is 47.4. The topological polar surface area (TPSA) is 89.2 Å². The van der Waals surface area contributed by atoms with Gasteiger partial charge in [-0.1, -0.05) is 13.8 Å². The van der Waals surface area contributed by atoms with Crippen molar-refractivity contribution in [1.29, 1.82) is 0 Å². The van der Waals surface area contributed by atoms with Crippen molar-refractivity contribution in [3.63, 3.8) is 0 Å². The van der Waals surface area contributed by atoms with Crippen LogP contribution in [-0.2, 0) is 6.80 Å². The lowest BCUT2D eigenvalue weighted by atomic mass is 10.0. The number of piperidine rings is 1. The molecule has 0 bridgehead atoms. The first-order valence-electron chi connectivity index (χ1n) is 12.1. The van der Waals surface area contributed by atoms with Gasteiger partial charge in [-0.05, 0) is 24.1 Å². The van der Waals surface area contributed by atoms with Gasteiger partial charge in [0.05, 0.1) is 29.7 Å². The van der Waals surface area contributed by atoms with E-state index in [1.165, 1.54) is 23.0 Å². The summed E-state index contributed by atoms with van der Waals surface area (Å²) in [5.74, 6) is -0.791. The summed E-state index contributed by atoms with van der Waals surface area (Å²) in [5, 5.41) is 14.5. The molecule has 1 fully saturated rings. The molecule has 11 heteroatoms. The highest BCUT2D eigenvalue weighted by Crippen LogP contribution is 2.33. The second-order valence-electron chi connectivity index (χ2n) is 9.45. The fourth-order valence-corrected chi connectivity index (χ4v) is 4.37. The van der Waals surface area contributed by atoms with Crippen molar-refractivity contribution in [2.45, 2.75) is 45.7 Å². The van der Waals surface area contributed by atoms with Crippen LogP contribution in [0.2, 0.25) is 0 Å². The third kappa shape index (κ3) is 5.22. The van der Waals surface area contributed by atoms with Crippen LogP contribution in [0.1, 0.15) is 38.5 Å². The second-order valence-corrected chi connectivity index (χ2v) is 9.45. The first-order chi connectivity index (χ1) is 17.8. The summed E-state index contributed by atoms with van der Waals surface area (Å²) in [7, 11) is 0. The Morgan fingerprint density at radius 2 is 1.86 bits per heavy atom. The van der Waals surface area contributed by atoms with Gasteiger partial charge >= 0.3 is 0 Å². The minimum absolute atomic E-state index is 0.0219. The van der Waals surface area contributed by atoms with Crippen molar-refractivity contribution in [2.75, 3.05) is 18.0 Å². The number of anilines is 1. The molecule has 0 spiro atoms. The number of rotatable bonds is 7. The number of alkyl halides is 1. The summed E-state index contributed by atoms with van der Waals surface area (Å²) in [6.07, 6.45) is 4.87. The highest BCUT2D eigenvalue weighted by molar-refractivity contribution is 5.83. The van der Waals surface area contributed by atoms with Crippen LogP contribution in [-0.4, -0.2) is 49.0 Å². The minimum Gasteiger partial charge on any atom is -0.487 e. The second kappa shape index (κ2) is 10.3. The quantitative estimate of drug-likeness (QED) is 0.379. The highest BCUT2D eigenvalue weighted by Gasteiger charge is 2.26. The summed E-state index contributed by atoms with van der Waals surface area (Å²) in [6, 6.07) is 4.99. The van der Waals surface area contributed by atoms with E-state index in [1.807, 2.05) is 18.7 Å². The SMILES string of the molecule is CC(C)C(O)c1cc2nc(-c3cnn(CF)c3)c(N3CCC(Oc4ccc(F)cc4F)CC3)nc2cn1. The highest BCUT2D eigenvalue weighted by atomic mass is 19.1. The average molecular weight is 513 g/mol. The minimum atomic E-state index is -0.770. The Hall–Kier alpha value is -3.73. The molecule has 1 aromatic carbocycles. The maximum atomic E-state index is 14.0. The van der Waals surface area contributed by atoms with Crippen LogP contribution in [0.5, 0.6) is 5.75 Å². The summed E-state index contributed by atoms with van der Waals surface area (Å²) in [5.41, 5.74) is 2.76. The molecule has 1 aliphatic rings. The van der Waals surface area contributed by atoms with E-state index in [-0.39, 0.29) is 17.8 Å². The molecule has 4 aromatic rings. The summed E-state index contributed by atoms with van der Waals surface area (Å²) in [6.45, 7) is 4.14. The maximum absolute atomic E-state index is 14.0. The number of benzene rings is 1. The predicted octanol–water partition coefficient (Wildman–Crippen LogP) is 4.83. The van der Waals surface area contributed by atoms with Gasteiger partial charge in [0.15, 0.2) is 24.2 Å². The van der Waals surface area contributed by atoms with Gasteiger partial charge in [-0.25, -0.2) is 27.8 Å².